The van der Waals surface area contributed by atoms with Crippen molar-refractivity contribution in [2.24, 2.45) is 0 Å². The van der Waals surface area contributed by atoms with Crippen LogP contribution in [0.3, 0.4) is 0 Å². The Balaban J connectivity index is 1.42. The van der Waals surface area contributed by atoms with E-state index >= 15 is 0 Å². The monoisotopic (exact) mass is 622 g/mol. The quantitative estimate of drug-likeness (QED) is 0.142. The van der Waals surface area contributed by atoms with E-state index in [1.807, 2.05) is 109 Å². The fourth-order valence-corrected chi connectivity index (χ4v) is 5.92. The van der Waals surface area contributed by atoms with Crippen LogP contribution in [-0.4, -0.2) is 15.0 Å². The minimum atomic E-state index is -0.625. The number of aromatic nitrogens is 3. The van der Waals surface area contributed by atoms with Crippen molar-refractivity contribution in [1.29, 1.82) is 0 Å². The summed E-state index contributed by atoms with van der Waals surface area (Å²) in [5.41, 5.74) is 4.94. The van der Waals surface area contributed by atoms with E-state index in [4.69, 9.17) is 25.9 Å². The van der Waals surface area contributed by atoms with Crippen LogP contribution >= 0.6 is 0 Å². The molecule has 0 bridgehead atoms. The van der Waals surface area contributed by atoms with Gasteiger partial charge in [0, 0.05) is 16.7 Å². The summed E-state index contributed by atoms with van der Waals surface area (Å²) >= 11 is 0. The Hall–Kier alpha value is -6.45. The maximum atomic E-state index is 9.47. The first-order valence-corrected chi connectivity index (χ1v) is 15.3. The zero-order valence-corrected chi connectivity index (χ0v) is 25.2. The van der Waals surface area contributed by atoms with Gasteiger partial charge in [-0.15, -0.1) is 0 Å². The SMILES string of the molecule is [2H]c1c([2H])c([2H])c2c([2H])c3c(c([2H])c([2H])c4c([2H])c([2H])c([2H])c([2H])c43)c(-c3nc(-c4ccc(-c5ccccc5)cc4)nc(-c4ccc(-c5ccccc5)cc4)n3)c2c1[2H]. The Kier molecular flexibility index (Phi) is 4.55. The van der Waals surface area contributed by atoms with E-state index in [0.717, 1.165) is 22.3 Å². The highest BCUT2D eigenvalue weighted by molar-refractivity contribution is 6.19. The lowest BCUT2D eigenvalue weighted by Crippen LogP contribution is -2.01. The molecule has 0 N–H and O–H groups in total. The number of fused-ring (bicyclic) bond motifs is 4. The third-order valence-electron chi connectivity index (χ3n) is 8.30. The van der Waals surface area contributed by atoms with Gasteiger partial charge in [-0.1, -0.05) is 170 Å². The van der Waals surface area contributed by atoms with E-state index in [0.29, 0.717) is 11.1 Å². The summed E-state index contributed by atoms with van der Waals surface area (Å²) in [7, 11) is 0. The normalized spacial score (nSPS) is 14.5. The first kappa shape index (κ1) is 18.6. The first-order chi connectivity index (χ1) is 28.4. The van der Waals surface area contributed by atoms with Gasteiger partial charge in [-0.2, -0.15) is 0 Å². The van der Waals surface area contributed by atoms with Gasteiger partial charge in [-0.3, -0.25) is 0 Å². The highest BCUT2D eigenvalue weighted by Crippen LogP contribution is 2.39. The third kappa shape index (κ3) is 4.99. The van der Waals surface area contributed by atoms with E-state index in [-0.39, 0.29) is 55.4 Å². The van der Waals surface area contributed by atoms with Crippen LogP contribution in [0.25, 0.3) is 88.7 Å². The van der Waals surface area contributed by atoms with Crippen LogP contribution in [0.1, 0.15) is 15.1 Å². The number of benzene rings is 8. The Morgan fingerprint density at radius 1 is 0.333 bits per heavy atom. The minimum absolute atomic E-state index is 0.0995. The molecule has 1 aromatic heterocycles. The molecule has 0 unspecified atom stereocenters. The smallest absolute Gasteiger partial charge is 0.165 e. The molecule has 48 heavy (non-hydrogen) atoms. The molecule has 0 aliphatic carbocycles. The van der Waals surface area contributed by atoms with Crippen LogP contribution < -0.4 is 0 Å². The van der Waals surface area contributed by atoms with Crippen molar-refractivity contribution in [2.75, 3.05) is 0 Å². The van der Waals surface area contributed by atoms with Gasteiger partial charge in [0.1, 0.15) is 0 Å². The third-order valence-corrected chi connectivity index (χ3v) is 8.30. The molecule has 3 nitrogen and oxygen atoms in total. The summed E-state index contributed by atoms with van der Waals surface area (Å²) < 4.78 is 98.0. The molecule has 0 radical (unpaired) electrons. The van der Waals surface area contributed by atoms with Gasteiger partial charge in [0.05, 0.1) is 15.1 Å². The number of hydrogen-bond donors (Lipinski definition) is 0. The molecule has 9 aromatic rings. The van der Waals surface area contributed by atoms with Crippen LogP contribution in [0.5, 0.6) is 0 Å². The molecule has 1 heterocycles. The topological polar surface area (TPSA) is 38.7 Å². The Morgan fingerprint density at radius 3 is 1.38 bits per heavy atom. The van der Waals surface area contributed by atoms with Crippen molar-refractivity contribution in [2.45, 2.75) is 0 Å². The molecule has 0 spiro atoms. The van der Waals surface area contributed by atoms with Crippen molar-refractivity contribution in [3.05, 3.63) is 176 Å². The fourth-order valence-electron chi connectivity index (χ4n) is 5.92. The lowest BCUT2D eigenvalue weighted by atomic mass is 9.93. The minimum Gasteiger partial charge on any atom is -0.208 e. The lowest BCUT2D eigenvalue weighted by molar-refractivity contribution is 1.08. The average Bonchev–Trinajstić information content (AvgIpc) is 3.27. The van der Waals surface area contributed by atoms with Crippen molar-refractivity contribution < 1.29 is 15.1 Å². The van der Waals surface area contributed by atoms with E-state index < -0.39 is 66.5 Å². The van der Waals surface area contributed by atoms with Gasteiger partial charge in [0.15, 0.2) is 17.5 Å². The molecule has 0 saturated carbocycles. The number of nitrogens with zero attached hydrogens (tertiary/aromatic N) is 3. The van der Waals surface area contributed by atoms with Crippen LogP contribution in [0.2, 0.25) is 0 Å². The molecule has 9 rings (SSSR count). The lowest BCUT2D eigenvalue weighted by Gasteiger charge is -2.15. The maximum absolute atomic E-state index is 9.47. The van der Waals surface area contributed by atoms with E-state index in [1.165, 1.54) is 0 Å². The zero-order valence-electron chi connectivity index (χ0n) is 36.2. The molecule has 0 saturated heterocycles. The molecule has 0 aliphatic rings. The second-order valence-corrected chi connectivity index (χ2v) is 11.2. The summed E-state index contributed by atoms with van der Waals surface area (Å²) in [4.78, 5) is 14.7. The summed E-state index contributed by atoms with van der Waals surface area (Å²) in [5, 5.41) is -1.31. The van der Waals surface area contributed by atoms with Gasteiger partial charge in [0.25, 0.3) is 0 Å². The summed E-state index contributed by atoms with van der Waals surface area (Å²) in [6.07, 6.45) is 0. The highest BCUT2D eigenvalue weighted by atomic mass is 15.0. The van der Waals surface area contributed by atoms with Crippen LogP contribution in [0.15, 0.2) is 176 Å². The van der Waals surface area contributed by atoms with Gasteiger partial charge in [0.2, 0.25) is 0 Å². The van der Waals surface area contributed by atoms with Crippen LogP contribution in [-0.2, 0) is 0 Å². The molecule has 0 atom stereocenters. The Morgan fingerprint density at radius 2 is 0.792 bits per heavy atom. The second kappa shape index (κ2) is 11.7. The Bertz CT molecular complexity index is 3100. The van der Waals surface area contributed by atoms with Crippen molar-refractivity contribution in [1.82, 2.24) is 15.0 Å². The molecular weight excluding hydrogens is 583 g/mol. The summed E-state index contributed by atoms with van der Waals surface area (Å²) in [6, 6.07) is 28.4. The number of rotatable bonds is 5. The van der Waals surface area contributed by atoms with E-state index in [9.17, 15) is 4.11 Å². The molecule has 0 aliphatic heterocycles. The van der Waals surface area contributed by atoms with Crippen LogP contribution in [0.4, 0.5) is 0 Å². The predicted octanol–water partition coefficient (Wildman–Crippen LogP) is 11.7. The molecule has 224 valence electrons. The summed E-state index contributed by atoms with van der Waals surface area (Å²) in [5.74, 6) is 0.251. The van der Waals surface area contributed by atoms with Gasteiger partial charge in [-0.05, 0) is 60.6 Å². The maximum Gasteiger partial charge on any atom is 0.165 e. The van der Waals surface area contributed by atoms with E-state index in [1.54, 1.807) is 0 Å². The highest BCUT2D eigenvalue weighted by Gasteiger charge is 2.18. The fraction of sp³-hybridized carbons (Fsp3) is 0. The zero-order chi connectivity index (χ0) is 41.4. The van der Waals surface area contributed by atoms with E-state index in [2.05, 4.69) is 0 Å². The molecular formula is C45H29N3. The Labute approximate surface area is 294 Å². The van der Waals surface area contributed by atoms with Gasteiger partial charge < -0.3 is 0 Å². The van der Waals surface area contributed by atoms with Crippen LogP contribution in [0, 0.1) is 0 Å². The number of hydrogen-bond acceptors (Lipinski definition) is 3. The molecule has 3 heteroatoms. The standard InChI is InChI=1S/C45H29N3/c1-3-11-30(12-4-1)32-19-23-35(24-20-32)43-46-44(36-25-21-33(22-26-36)31-13-5-2-6-14-31)48-45(47-43)42-39-18-10-8-16-37(39)29-41-38-17-9-7-15-34(38)27-28-40(41)42/h1-29H/i7D,8D,9D,10D,15D,16D,17D,18D,27D,28D,29D. The molecule has 0 fully saturated rings. The first-order valence-electron chi connectivity index (χ1n) is 20.8. The second-order valence-electron chi connectivity index (χ2n) is 11.2. The van der Waals surface area contributed by atoms with Crippen molar-refractivity contribution in [3.63, 3.8) is 0 Å². The van der Waals surface area contributed by atoms with Gasteiger partial charge >= 0.3 is 0 Å². The van der Waals surface area contributed by atoms with Crippen molar-refractivity contribution in [3.8, 4) is 56.4 Å². The largest absolute Gasteiger partial charge is 0.208 e. The summed E-state index contributed by atoms with van der Waals surface area (Å²) in [6.45, 7) is 0. The predicted molar refractivity (Wildman–Crippen MR) is 200 cm³/mol. The van der Waals surface area contributed by atoms with Gasteiger partial charge in [-0.25, -0.2) is 15.0 Å². The van der Waals surface area contributed by atoms with Crippen molar-refractivity contribution >= 4 is 32.3 Å². The molecule has 0 amide bonds. The molecule has 8 aromatic carbocycles. The average molecular weight is 623 g/mol.